The van der Waals surface area contributed by atoms with Gasteiger partial charge in [0.1, 0.15) is 5.82 Å². The number of aromatic nitrogens is 2. The van der Waals surface area contributed by atoms with Gasteiger partial charge < -0.3 is 14.8 Å². The van der Waals surface area contributed by atoms with Crippen molar-refractivity contribution in [3.63, 3.8) is 0 Å². The number of rotatable bonds is 6. The highest BCUT2D eigenvalue weighted by molar-refractivity contribution is 4.91. The molecule has 0 saturated carbocycles. The molecule has 4 nitrogen and oxygen atoms in total. The zero-order chi connectivity index (χ0) is 12.8. The lowest BCUT2D eigenvalue weighted by Gasteiger charge is -2.28. The Hall–Kier alpha value is -0.870. The van der Waals surface area contributed by atoms with Crippen LogP contribution in [-0.2, 0) is 13.5 Å². The molecule has 0 amide bonds. The molecule has 1 aliphatic heterocycles. The number of nitrogens with one attached hydrogen (secondary N) is 1. The molecule has 1 N–H and O–H groups in total. The maximum Gasteiger partial charge on any atom is 0.109 e. The summed E-state index contributed by atoms with van der Waals surface area (Å²) >= 11 is 0. The molecule has 2 heterocycles. The van der Waals surface area contributed by atoms with Gasteiger partial charge in [-0.2, -0.15) is 0 Å². The summed E-state index contributed by atoms with van der Waals surface area (Å²) in [6.45, 7) is 4.74. The predicted octanol–water partition coefficient (Wildman–Crippen LogP) is 1.28. The van der Waals surface area contributed by atoms with E-state index in [1.165, 1.54) is 38.2 Å². The first-order chi connectivity index (χ1) is 8.75. The summed E-state index contributed by atoms with van der Waals surface area (Å²) in [5.74, 6) is 2.10. The Bertz CT molecular complexity index is 339. The van der Waals surface area contributed by atoms with Crippen LogP contribution in [0.5, 0.6) is 0 Å². The van der Waals surface area contributed by atoms with Crippen LogP contribution in [-0.4, -0.2) is 47.7 Å². The van der Waals surface area contributed by atoms with E-state index in [2.05, 4.69) is 33.9 Å². The van der Waals surface area contributed by atoms with E-state index < -0.39 is 0 Å². The number of piperidine rings is 1. The van der Waals surface area contributed by atoms with Gasteiger partial charge in [0.05, 0.1) is 0 Å². The van der Waals surface area contributed by atoms with Crippen LogP contribution in [0.4, 0.5) is 0 Å². The van der Waals surface area contributed by atoms with Crippen molar-refractivity contribution < 1.29 is 0 Å². The number of hydrogen-bond acceptors (Lipinski definition) is 3. The van der Waals surface area contributed by atoms with Gasteiger partial charge in [0.2, 0.25) is 0 Å². The van der Waals surface area contributed by atoms with Crippen molar-refractivity contribution in [2.45, 2.75) is 25.7 Å². The number of likely N-dealkylation sites (tertiary alicyclic amines) is 1. The normalized spacial score (nSPS) is 18.3. The van der Waals surface area contributed by atoms with Crippen LogP contribution in [0.3, 0.4) is 0 Å². The van der Waals surface area contributed by atoms with Crippen LogP contribution in [0.2, 0.25) is 0 Å². The molecular weight excluding hydrogens is 224 g/mol. The fourth-order valence-corrected chi connectivity index (χ4v) is 2.62. The molecule has 0 radical (unpaired) electrons. The Balaban J connectivity index is 1.53. The number of aryl methyl sites for hydroxylation is 1. The summed E-state index contributed by atoms with van der Waals surface area (Å²) < 4.78 is 2.10. The molecule has 1 fully saturated rings. The van der Waals surface area contributed by atoms with Crippen LogP contribution in [0.15, 0.2) is 12.4 Å². The highest BCUT2D eigenvalue weighted by Gasteiger charge is 2.15. The average molecular weight is 250 g/mol. The Morgan fingerprint density at radius 3 is 2.72 bits per heavy atom. The summed E-state index contributed by atoms with van der Waals surface area (Å²) in [6.07, 6.45) is 8.97. The Morgan fingerprint density at radius 2 is 2.06 bits per heavy atom. The smallest absolute Gasteiger partial charge is 0.109 e. The van der Waals surface area contributed by atoms with Crippen LogP contribution in [0.1, 0.15) is 25.1 Å². The van der Waals surface area contributed by atoms with Crippen LogP contribution >= 0.6 is 0 Å². The molecule has 0 aromatic carbocycles. The van der Waals surface area contributed by atoms with Gasteiger partial charge in [0.15, 0.2) is 0 Å². The summed E-state index contributed by atoms with van der Waals surface area (Å²) in [4.78, 5) is 6.76. The molecule has 1 aromatic rings. The van der Waals surface area contributed by atoms with Crippen molar-refractivity contribution in [2.24, 2.45) is 13.0 Å². The summed E-state index contributed by atoms with van der Waals surface area (Å²) in [5.41, 5.74) is 0. The lowest BCUT2D eigenvalue weighted by atomic mass is 9.94. The lowest BCUT2D eigenvalue weighted by Crippen LogP contribution is -2.31. The predicted molar refractivity (Wildman–Crippen MR) is 74.6 cm³/mol. The van der Waals surface area contributed by atoms with Crippen molar-refractivity contribution in [1.29, 1.82) is 0 Å². The van der Waals surface area contributed by atoms with Crippen LogP contribution < -0.4 is 5.32 Å². The van der Waals surface area contributed by atoms with E-state index in [0.29, 0.717) is 0 Å². The molecule has 1 aromatic heterocycles. The fraction of sp³-hybridized carbons (Fsp3) is 0.786. The molecule has 0 atom stereocenters. The van der Waals surface area contributed by atoms with E-state index in [1.54, 1.807) is 0 Å². The standard InChI is InChI=1S/C14H26N4/c1-17-10-5-13(6-11-17)3-7-15-8-4-14-16-9-12-18(14)2/h9,12-13,15H,3-8,10-11H2,1-2H3. The molecule has 0 bridgehead atoms. The quantitative estimate of drug-likeness (QED) is 0.772. The minimum atomic E-state index is 0.932. The van der Waals surface area contributed by atoms with Crippen molar-refractivity contribution in [3.8, 4) is 0 Å². The maximum atomic E-state index is 4.33. The van der Waals surface area contributed by atoms with E-state index in [4.69, 9.17) is 0 Å². The van der Waals surface area contributed by atoms with Crippen molar-refractivity contribution >= 4 is 0 Å². The Morgan fingerprint density at radius 1 is 1.28 bits per heavy atom. The third-order valence-electron chi connectivity index (χ3n) is 4.01. The maximum absolute atomic E-state index is 4.33. The number of hydrogen-bond donors (Lipinski definition) is 1. The van der Waals surface area contributed by atoms with Gasteiger partial charge in [-0.05, 0) is 51.9 Å². The number of nitrogens with zero attached hydrogens (tertiary/aromatic N) is 3. The molecule has 1 aliphatic rings. The summed E-state index contributed by atoms with van der Waals surface area (Å²) in [5, 5.41) is 3.54. The monoisotopic (exact) mass is 250 g/mol. The zero-order valence-electron chi connectivity index (χ0n) is 11.7. The first kappa shape index (κ1) is 13.6. The van der Waals surface area contributed by atoms with Crippen molar-refractivity contribution in [2.75, 3.05) is 33.2 Å². The van der Waals surface area contributed by atoms with Gasteiger partial charge in [-0.25, -0.2) is 4.98 Å². The van der Waals surface area contributed by atoms with Crippen molar-refractivity contribution in [1.82, 2.24) is 19.8 Å². The molecular formula is C14H26N4. The first-order valence-corrected chi connectivity index (χ1v) is 7.11. The molecule has 102 valence electrons. The third-order valence-corrected chi connectivity index (χ3v) is 4.01. The van der Waals surface area contributed by atoms with Gasteiger partial charge in [0, 0.05) is 32.4 Å². The fourth-order valence-electron chi connectivity index (χ4n) is 2.62. The van der Waals surface area contributed by atoms with Gasteiger partial charge >= 0.3 is 0 Å². The van der Waals surface area contributed by atoms with E-state index in [1.807, 2.05) is 12.4 Å². The summed E-state index contributed by atoms with van der Waals surface area (Å²) in [7, 11) is 4.28. The minimum absolute atomic E-state index is 0.932. The second-order valence-electron chi connectivity index (χ2n) is 5.49. The summed E-state index contributed by atoms with van der Waals surface area (Å²) in [6, 6.07) is 0. The van der Waals surface area contributed by atoms with Crippen LogP contribution in [0.25, 0.3) is 0 Å². The number of imidazole rings is 1. The topological polar surface area (TPSA) is 33.1 Å². The second kappa shape index (κ2) is 6.90. The van der Waals surface area contributed by atoms with Gasteiger partial charge in [-0.1, -0.05) is 0 Å². The average Bonchev–Trinajstić information content (AvgIpc) is 2.77. The van der Waals surface area contributed by atoms with Gasteiger partial charge in [0.25, 0.3) is 0 Å². The van der Waals surface area contributed by atoms with E-state index in [-0.39, 0.29) is 0 Å². The van der Waals surface area contributed by atoms with Crippen LogP contribution in [0, 0.1) is 5.92 Å². The van der Waals surface area contributed by atoms with Gasteiger partial charge in [-0.15, -0.1) is 0 Å². The highest BCUT2D eigenvalue weighted by Crippen LogP contribution is 2.18. The first-order valence-electron chi connectivity index (χ1n) is 7.11. The second-order valence-corrected chi connectivity index (χ2v) is 5.49. The Labute approximate surface area is 110 Å². The molecule has 4 heteroatoms. The minimum Gasteiger partial charge on any atom is -0.338 e. The van der Waals surface area contributed by atoms with Crippen molar-refractivity contribution in [3.05, 3.63) is 18.2 Å². The lowest BCUT2D eigenvalue weighted by molar-refractivity contribution is 0.212. The molecule has 0 spiro atoms. The Kier molecular flexibility index (Phi) is 5.20. The largest absolute Gasteiger partial charge is 0.338 e. The highest BCUT2D eigenvalue weighted by atomic mass is 15.1. The third kappa shape index (κ3) is 4.10. The molecule has 2 rings (SSSR count). The van der Waals surface area contributed by atoms with E-state index >= 15 is 0 Å². The zero-order valence-corrected chi connectivity index (χ0v) is 11.7. The van der Waals surface area contributed by atoms with Gasteiger partial charge in [-0.3, -0.25) is 0 Å². The molecule has 0 unspecified atom stereocenters. The SMILES string of the molecule is CN1CCC(CCNCCc2nccn2C)CC1. The van der Waals surface area contributed by atoms with E-state index in [9.17, 15) is 0 Å². The molecule has 0 aliphatic carbocycles. The van der Waals surface area contributed by atoms with E-state index in [0.717, 1.165) is 25.4 Å². The molecule has 1 saturated heterocycles. The molecule has 18 heavy (non-hydrogen) atoms.